The molecular formula is C16H17N5O. The molecule has 0 unspecified atom stereocenters. The number of aryl methyl sites for hydroxylation is 2. The van der Waals surface area contributed by atoms with Crippen LogP contribution in [-0.4, -0.2) is 38.7 Å². The predicted octanol–water partition coefficient (Wildman–Crippen LogP) is 1.94. The Balaban J connectivity index is 1.47. The molecule has 4 rings (SSSR count). The van der Waals surface area contributed by atoms with Gasteiger partial charge in [0.1, 0.15) is 17.4 Å². The van der Waals surface area contributed by atoms with Crippen LogP contribution < -0.4 is 9.64 Å². The summed E-state index contributed by atoms with van der Waals surface area (Å²) in [7, 11) is 2.00. The van der Waals surface area contributed by atoms with Crippen molar-refractivity contribution in [2.75, 3.05) is 18.0 Å². The lowest BCUT2D eigenvalue weighted by Crippen LogP contribution is -2.54. The molecule has 1 aliphatic heterocycles. The second-order valence-electron chi connectivity index (χ2n) is 5.59. The molecule has 0 bridgehead atoms. The molecule has 3 aromatic heterocycles. The summed E-state index contributed by atoms with van der Waals surface area (Å²) >= 11 is 0. The Morgan fingerprint density at radius 3 is 2.82 bits per heavy atom. The molecule has 112 valence electrons. The van der Waals surface area contributed by atoms with Crippen molar-refractivity contribution in [2.45, 2.75) is 13.0 Å². The first kappa shape index (κ1) is 13.1. The Morgan fingerprint density at radius 2 is 2.05 bits per heavy atom. The molecule has 4 heterocycles. The number of rotatable bonds is 3. The van der Waals surface area contributed by atoms with E-state index in [0.29, 0.717) is 0 Å². The fraction of sp³-hybridized carbons (Fsp3) is 0.312. The van der Waals surface area contributed by atoms with E-state index in [9.17, 15) is 0 Å². The van der Waals surface area contributed by atoms with Gasteiger partial charge in [0, 0.05) is 31.2 Å². The van der Waals surface area contributed by atoms with Crippen molar-refractivity contribution in [3.63, 3.8) is 0 Å². The van der Waals surface area contributed by atoms with Crippen LogP contribution in [0.25, 0.3) is 11.2 Å². The van der Waals surface area contributed by atoms with E-state index in [4.69, 9.17) is 4.74 Å². The quantitative estimate of drug-likeness (QED) is 0.739. The van der Waals surface area contributed by atoms with Gasteiger partial charge in [-0.2, -0.15) is 0 Å². The molecule has 0 N–H and O–H groups in total. The van der Waals surface area contributed by atoms with Crippen molar-refractivity contribution >= 4 is 17.1 Å². The zero-order valence-electron chi connectivity index (χ0n) is 12.6. The van der Waals surface area contributed by atoms with E-state index >= 15 is 0 Å². The summed E-state index contributed by atoms with van der Waals surface area (Å²) in [4.78, 5) is 15.4. The Kier molecular flexibility index (Phi) is 2.96. The van der Waals surface area contributed by atoms with Gasteiger partial charge in [-0.3, -0.25) is 9.55 Å². The molecule has 6 heteroatoms. The summed E-state index contributed by atoms with van der Waals surface area (Å²) in [5.41, 5.74) is 2.80. The van der Waals surface area contributed by atoms with Crippen LogP contribution in [0.1, 0.15) is 5.69 Å². The lowest BCUT2D eigenvalue weighted by atomic mass is 10.2. The molecule has 3 aromatic rings. The number of hydrogen-bond donors (Lipinski definition) is 0. The van der Waals surface area contributed by atoms with Crippen LogP contribution in [-0.2, 0) is 7.05 Å². The van der Waals surface area contributed by atoms with Crippen molar-refractivity contribution < 1.29 is 4.74 Å². The monoisotopic (exact) mass is 295 g/mol. The van der Waals surface area contributed by atoms with Gasteiger partial charge in [-0.15, -0.1) is 0 Å². The Bertz CT molecular complexity index is 822. The van der Waals surface area contributed by atoms with E-state index in [1.165, 1.54) is 0 Å². The molecule has 1 fully saturated rings. The van der Waals surface area contributed by atoms with Crippen LogP contribution in [0.2, 0.25) is 0 Å². The SMILES string of the molecule is Cc1cc(OC2CN(c3nc4cccnc4n3C)C2)ccn1. The lowest BCUT2D eigenvalue weighted by Gasteiger charge is -2.39. The maximum atomic E-state index is 5.96. The topological polar surface area (TPSA) is 56.1 Å². The Morgan fingerprint density at radius 1 is 1.18 bits per heavy atom. The van der Waals surface area contributed by atoms with Gasteiger partial charge in [0.2, 0.25) is 5.95 Å². The normalized spacial score (nSPS) is 15.1. The minimum absolute atomic E-state index is 0.189. The fourth-order valence-corrected chi connectivity index (χ4v) is 2.76. The summed E-state index contributed by atoms with van der Waals surface area (Å²) in [5.74, 6) is 1.82. The van der Waals surface area contributed by atoms with Gasteiger partial charge in [0.05, 0.1) is 13.1 Å². The van der Waals surface area contributed by atoms with Crippen LogP contribution in [0, 0.1) is 6.92 Å². The first-order chi connectivity index (χ1) is 10.7. The summed E-state index contributed by atoms with van der Waals surface area (Å²) in [6, 6.07) is 7.75. The molecule has 22 heavy (non-hydrogen) atoms. The first-order valence-corrected chi connectivity index (χ1v) is 7.32. The van der Waals surface area contributed by atoms with Crippen LogP contribution in [0.5, 0.6) is 5.75 Å². The van der Waals surface area contributed by atoms with Crippen LogP contribution >= 0.6 is 0 Å². The number of pyridine rings is 2. The fourth-order valence-electron chi connectivity index (χ4n) is 2.76. The number of fused-ring (bicyclic) bond motifs is 1. The third kappa shape index (κ3) is 2.16. The maximum absolute atomic E-state index is 5.96. The lowest BCUT2D eigenvalue weighted by molar-refractivity contribution is 0.165. The van der Waals surface area contributed by atoms with E-state index in [1.54, 1.807) is 12.4 Å². The molecule has 0 aliphatic carbocycles. The molecule has 0 atom stereocenters. The molecule has 0 amide bonds. The van der Waals surface area contributed by atoms with E-state index in [-0.39, 0.29) is 6.10 Å². The number of ether oxygens (including phenoxy) is 1. The minimum atomic E-state index is 0.189. The molecule has 0 saturated carbocycles. The second kappa shape index (κ2) is 4.98. The van der Waals surface area contributed by atoms with Gasteiger partial charge in [-0.25, -0.2) is 9.97 Å². The Labute approximate surface area is 128 Å². The summed E-state index contributed by atoms with van der Waals surface area (Å²) in [5, 5.41) is 0. The average Bonchev–Trinajstić information content (AvgIpc) is 2.80. The van der Waals surface area contributed by atoms with Crippen molar-refractivity contribution in [2.24, 2.45) is 7.05 Å². The highest BCUT2D eigenvalue weighted by Crippen LogP contribution is 2.25. The number of imidazole rings is 1. The summed E-state index contributed by atoms with van der Waals surface area (Å²) < 4.78 is 7.99. The highest BCUT2D eigenvalue weighted by molar-refractivity contribution is 5.74. The molecule has 0 radical (unpaired) electrons. The van der Waals surface area contributed by atoms with Crippen LogP contribution in [0.3, 0.4) is 0 Å². The summed E-state index contributed by atoms with van der Waals surface area (Å²) in [6.07, 6.45) is 3.76. The van der Waals surface area contributed by atoms with Gasteiger partial charge in [-0.05, 0) is 25.1 Å². The maximum Gasteiger partial charge on any atom is 0.207 e. The van der Waals surface area contributed by atoms with Crippen molar-refractivity contribution in [1.29, 1.82) is 0 Å². The predicted molar refractivity (Wildman–Crippen MR) is 84.1 cm³/mol. The molecule has 0 aromatic carbocycles. The third-order valence-corrected chi connectivity index (χ3v) is 3.91. The second-order valence-corrected chi connectivity index (χ2v) is 5.59. The van der Waals surface area contributed by atoms with E-state index in [1.807, 2.05) is 42.8 Å². The smallest absolute Gasteiger partial charge is 0.207 e. The van der Waals surface area contributed by atoms with E-state index in [0.717, 1.165) is 41.6 Å². The largest absolute Gasteiger partial charge is 0.487 e. The number of nitrogens with zero attached hydrogens (tertiary/aromatic N) is 5. The average molecular weight is 295 g/mol. The van der Waals surface area contributed by atoms with Gasteiger partial charge in [0.15, 0.2) is 5.65 Å². The zero-order valence-corrected chi connectivity index (χ0v) is 12.6. The Hall–Kier alpha value is -2.63. The van der Waals surface area contributed by atoms with Crippen LogP contribution in [0.4, 0.5) is 5.95 Å². The number of anilines is 1. The van der Waals surface area contributed by atoms with Crippen molar-refractivity contribution in [1.82, 2.24) is 19.5 Å². The van der Waals surface area contributed by atoms with Gasteiger partial charge in [-0.1, -0.05) is 0 Å². The minimum Gasteiger partial charge on any atom is -0.487 e. The van der Waals surface area contributed by atoms with E-state index < -0.39 is 0 Å². The zero-order chi connectivity index (χ0) is 15.1. The molecule has 1 saturated heterocycles. The van der Waals surface area contributed by atoms with Gasteiger partial charge >= 0.3 is 0 Å². The number of hydrogen-bond acceptors (Lipinski definition) is 5. The molecule has 6 nitrogen and oxygen atoms in total. The van der Waals surface area contributed by atoms with E-state index in [2.05, 4.69) is 19.9 Å². The van der Waals surface area contributed by atoms with Crippen molar-refractivity contribution in [3.8, 4) is 5.75 Å². The molecule has 1 aliphatic rings. The summed E-state index contributed by atoms with van der Waals surface area (Å²) in [6.45, 7) is 3.63. The van der Waals surface area contributed by atoms with Crippen LogP contribution in [0.15, 0.2) is 36.7 Å². The standard InChI is InChI=1S/C16H17N5O/c1-11-8-12(5-7-17-11)22-13-9-21(10-13)16-19-14-4-3-6-18-15(14)20(16)2/h3-8,13H,9-10H2,1-2H3. The highest BCUT2D eigenvalue weighted by atomic mass is 16.5. The first-order valence-electron chi connectivity index (χ1n) is 7.32. The van der Waals surface area contributed by atoms with Gasteiger partial charge < -0.3 is 9.64 Å². The highest BCUT2D eigenvalue weighted by Gasteiger charge is 2.31. The van der Waals surface area contributed by atoms with Gasteiger partial charge in [0.25, 0.3) is 0 Å². The van der Waals surface area contributed by atoms with Crippen molar-refractivity contribution in [3.05, 3.63) is 42.4 Å². The number of aromatic nitrogens is 4. The molecule has 0 spiro atoms. The molecular weight excluding hydrogens is 278 g/mol. The third-order valence-electron chi connectivity index (χ3n) is 3.91.